The molecule has 0 N–H and O–H groups in total. The van der Waals surface area contributed by atoms with Gasteiger partial charge in [-0.25, -0.2) is 4.98 Å². The molecule has 78 valence electrons. The summed E-state index contributed by atoms with van der Waals surface area (Å²) in [6.45, 7) is 2.55. The first-order chi connectivity index (χ1) is 6.83. The lowest BCUT2D eigenvalue weighted by atomic mass is 10.4. The van der Waals surface area contributed by atoms with Crippen molar-refractivity contribution < 1.29 is 13.9 Å². The molecule has 0 atom stereocenters. The Labute approximate surface area is 87.0 Å². The summed E-state index contributed by atoms with van der Waals surface area (Å²) in [5, 5.41) is 0.498. The van der Waals surface area contributed by atoms with E-state index in [1.54, 1.807) is 6.20 Å². The highest BCUT2D eigenvalue weighted by Gasteiger charge is 2.05. The Bertz CT molecular complexity index is 261. The van der Waals surface area contributed by atoms with Gasteiger partial charge in [0.15, 0.2) is 0 Å². The Kier molecular flexibility index (Phi) is 5.14. The van der Waals surface area contributed by atoms with Gasteiger partial charge in [-0.05, 0) is 6.42 Å². The molecule has 14 heavy (non-hydrogen) atoms. The minimum atomic E-state index is -0.221. The predicted octanol–water partition coefficient (Wildman–Crippen LogP) is 2.11. The summed E-state index contributed by atoms with van der Waals surface area (Å²) in [6, 6.07) is 0. The molecule has 0 unspecified atom stereocenters. The molecule has 1 rings (SSSR count). The SMILES string of the molecule is CCCCOC(=O)CSc1ncco1. The van der Waals surface area contributed by atoms with Gasteiger partial charge in [-0.2, -0.15) is 0 Å². The molecule has 0 aliphatic rings. The fraction of sp³-hybridized carbons (Fsp3) is 0.556. The maximum atomic E-state index is 11.1. The van der Waals surface area contributed by atoms with Crippen molar-refractivity contribution in [2.45, 2.75) is 25.0 Å². The molecule has 0 aromatic carbocycles. The van der Waals surface area contributed by atoms with Crippen LogP contribution in [0.3, 0.4) is 0 Å². The smallest absolute Gasteiger partial charge is 0.316 e. The van der Waals surface area contributed by atoms with Gasteiger partial charge in [0.25, 0.3) is 5.22 Å². The molecule has 1 aromatic heterocycles. The molecule has 1 heterocycles. The molecule has 4 nitrogen and oxygen atoms in total. The highest BCUT2D eigenvalue weighted by Crippen LogP contribution is 2.14. The van der Waals surface area contributed by atoms with Crippen molar-refractivity contribution in [2.24, 2.45) is 0 Å². The average molecular weight is 215 g/mol. The van der Waals surface area contributed by atoms with Crippen LogP contribution in [0.2, 0.25) is 0 Å². The highest BCUT2D eigenvalue weighted by atomic mass is 32.2. The van der Waals surface area contributed by atoms with E-state index in [4.69, 9.17) is 9.15 Å². The highest BCUT2D eigenvalue weighted by molar-refractivity contribution is 7.99. The number of unbranched alkanes of at least 4 members (excludes halogenated alkanes) is 1. The second-order valence-electron chi connectivity index (χ2n) is 2.66. The van der Waals surface area contributed by atoms with E-state index < -0.39 is 0 Å². The van der Waals surface area contributed by atoms with Crippen molar-refractivity contribution >= 4 is 17.7 Å². The second kappa shape index (κ2) is 6.48. The number of esters is 1. The van der Waals surface area contributed by atoms with Crippen molar-refractivity contribution in [3.63, 3.8) is 0 Å². The Morgan fingerprint density at radius 2 is 2.57 bits per heavy atom. The topological polar surface area (TPSA) is 52.3 Å². The summed E-state index contributed by atoms with van der Waals surface area (Å²) in [5.74, 6) is 0.0335. The fourth-order valence-electron chi connectivity index (χ4n) is 0.774. The van der Waals surface area contributed by atoms with Crippen molar-refractivity contribution in [2.75, 3.05) is 12.4 Å². The van der Waals surface area contributed by atoms with Gasteiger partial charge in [0, 0.05) is 0 Å². The lowest BCUT2D eigenvalue weighted by Crippen LogP contribution is -2.08. The van der Waals surface area contributed by atoms with Gasteiger partial charge in [0.2, 0.25) is 0 Å². The molecule has 0 aliphatic carbocycles. The lowest BCUT2D eigenvalue weighted by Gasteiger charge is -2.01. The van der Waals surface area contributed by atoms with Gasteiger partial charge in [0.1, 0.15) is 12.0 Å². The first-order valence-corrected chi connectivity index (χ1v) is 5.49. The van der Waals surface area contributed by atoms with Crippen molar-refractivity contribution in [3.05, 3.63) is 12.5 Å². The van der Waals surface area contributed by atoms with Crippen molar-refractivity contribution in [1.82, 2.24) is 4.98 Å². The van der Waals surface area contributed by atoms with Crippen LogP contribution in [-0.4, -0.2) is 23.3 Å². The Morgan fingerprint density at radius 3 is 3.21 bits per heavy atom. The van der Waals surface area contributed by atoms with Crippen molar-refractivity contribution in [1.29, 1.82) is 0 Å². The van der Waals surface area contributed by atoms with E-state index in [2.05, 4.69) is 11.9 Å². The van der Waals surface area contributed by atoms with E-state index in [0.717, 1.165) is 12.8 Å². The molecular weight excluding hydrogens is 202 g/mol. The number of rotatable bonds is 6. The minimum absolute atomic E-state index is 0.221. The van der Waals surface area contributed by atoms with Crippen LogP contribution in [0.5, 0.6) is 0 Å². The second-order valence-corrected chi connectivity index (χ2v) is 3.59. The zero-order valence-electron chi connectivity index (χ0n) is 8.06. The summed E-state index contributed by atoms with van der Waals surface area (Å²) in [4.78, 5) is 15.0. The van der Waals surface area contributed by atoms with Crippen LogP contribution < -0.4 is 0 Å². The number of nitrogens with zero attached hydrogens (tertiary/aromatic N) is 1. The third-order valence-electron chi connectivity index (χ3n) is 1.48. The van der Waals surface area contributed by atoms with Crippen LogP contribution >= 0.6 is 11.8 Å². The molecule has 0 bridgehead atoms. The molecule has 0 fully saturated rings. The quantitative estimate of drug-likeness (QED) is 0.413. The van der Waals surface area contributed by atoms with E-state index in [0.29, 0.717) is 11.8 Å². The van der Waals surface area contributed by atoms with Gasteiger partial charge in [-0.1, -0.05) is 25.1 Å². The minimum Gasteiger partial charge on any atom is -0.465 e. The van der Waals surface area contributed by atoms with Crippen molar-refractivity contribution in [3.8, 4) is 0 Å². The molecule has 1 aromatic rings. The number of carbonyl (C=O) groups excluding carboxylic acids is 1. The number of aromatic nitrogens is 1. The molecule has 0 amide bonds. The third-order valence-corrected chi connectivity index (χ3v) is 2.31. The van der Waals surface area contributed by atoms with Crippen LogP contribution in [0.1, 0.15) is 19.8 Å². The first-order valence-electron chi connectivity index (χ1n) is 4.51. The molecule has 0 aliphatic heterocycles. The number of ether oxygens (including phenoxy) is 1. The van der Waals surface area contributed by atoms with E-state index in [9.17, 15) is 4.79 Å². The zero-order valence-corrected chi connectivity index (χ0v) is 8.88. The Morgan fingerprint density at radius 1 is 1.71 bits per heavy atom. The van der Waals surface area contributed by atoms with Gasteiger partial charge in [-0.15, -0.1) is 0 Å². The molecule has 0 radical (unpaired) electrons. The predicted molar refractivity (Wildman–Crippen MR) is 53.1 cm³/mol. The standard InChI is InChI=1S/C9H13NO3S/c1-2-3-5-12-8(11)7-14-9-10-4-6-13-9/h4,6H,2-3,5,7H2,1H3. The number of oxazole rings is 1. The van der Waals surface area contributed by atoms with Gasteiger partial charge < -0.3 is 9.15 Å². The third kappa shape index (κ3) is 4.32. The molecule has 0 saturated carbocycles. The monoisotopic (exact) mass is 215 g/mol. The number of carbonyl (C=O) groups is 1. The van der Waals surface area contributed by atoms with Crippen LogP contribution in [-0.2, 0) is 9.53 Å². The van der Waals surface area contributed by atoms with Crippen LogP contribution in [0, 0.1) is 0 Å². The summed E-state index contributed by atoms with van der Waals surface area (Å²) in [5.41, 5.74) is 0. The average Bonchev–Trinajstić information content (AvgIpc) is 2.68. The van der Waals surface area contributed by atoms with Crippen LogP contribution in [0.4, 0.5) is 0 Å². The fourth-order valence-corrected chi connectivity index (χ4v) is 1.36. The van der Waals surface area contributed by atoms with E-state index in [1.165, 1.54) is 18.0 Å². The zero-order chi connectivity index (χ0) is 10.2. The van der Waals surface area contributed by atoms with E-state index in [1.807, 2.05) is 0 Å². The van der Waals surface area contributed by atoms with Gasteiger partial charge in [-0.3, -0.25) is 4.79 Å². The van der Waals surface area contributed by atoms with Gasteiger partial charge in [0.05, 0.1) is 12.8 Å². The molecule has 5 heteroatoms. The Balaban J connectivity index is 2.09. The van der Waals surface area contributed by atoms with E-state index in [-0.39, 0.29) is 11.7 Å². The summed E-state index contributed by atoms with van der Waals surface area (Å²) in [7, 11) is 0. The lowest BCUT2D eigenvalue weighted by molar-refractivity contribution is -0.140. The summed E-state index contributed by atoms with van der Waals surface area (Å²) < 4.78 is 9.91. The van der Waals surface area contributed by atoms with Gasteiger partial charge >= 0.3 is 5.97 Å². The summed E-state index contributed by atoms with van der Waals surface area (Å²) >= 11 is 1.24. The van der Waals surface area contributed by atoms with E-state index >= 15 is 0 Å². The number of hydrogen-bond acceptors (Lipinski definition) is 5. The molecule has 0 saturated heterocycles. The normalized spacial score (nSPS) is 10.1. The maximum absolute atomic E-state index is 11.1. The van der Waals surface area contributed by atoms with Crippen LogP contribution in [0.15, 0.2) is 22.1 Å². The summed E-state index contributed by atoms with van der Waals surface area (Å²) in [6.07, 6.45) is 4.96. The Hall–Kier alpha value is -0.970. The number of hydrogen-bond donors (Lipinski definition) is 0. The first kappa shape index (κ1) is 11.1. The van der Waals surface area contributed by atoms with Crippen LogP contribution in [0.25, 0.3) is 0 Å². The number of thioether (sulfide) groups is 1. The molecule has 0 spiro atoms. The maximum Gasteiger partial charge on any atom is 0.316 e. The largest absolute Gasteiger partial charge is 0.465 e. The molecular formula is C9H13NO3S.